The summed E-state index contributed by atoms with van der Waals surface area (Å²) in [6.07, 6.45) is 0. The minimum atomic E-state index is -0.302. The van der Waals surface area contributed by atoms with Gasteiger partial charge in [0, 0.05) is 5.69 Å². The van der Waals surface area contributed by atoms with E-state index in [9.17, 15) is 4.39 Å². The normalized spacial score (nSPS) is 11.1. The van der Waals surface area contributed by atoms with Gasteiger partial charge >= 0.3 is 0 Å². The number of halogens is 2. The summed E-state index contributed by atoms with van der Waals surface area (Å²) in [7, 11) is 0. The Morgan fingerprint density at radius 3 is 2.67 bits per heavy atom. The molecule has 0 fully saturated rings. The first-order valence-electron chi connectivity index (χ1n) is 5.57. The summed E-state index contributed by atoms with van der Waals surface area (Å²) in [6, 6.07) is 12.3. The predicted octanol–water partition coefficient (Wildman–Crippen LogP) is 4.10. The predicted molar refractivity (Wildman–Crippen MR) is 70.3 cm³/mol. The molecule has 0 aliphatic heterocycles. The fourth-order valence-electron chi connectivity index (χ4n) is 2.08. The Morgan fingerprint density at radius 2 is 1.89 bits per heavy atom. The lowest BCUT2D eigenvalue weighted by molar-refractivity contribution is 0.630. The van der Waals surface area contributed by atoms with Gasteiger partial charge < -0.3 is 0 Å². The van der Waals surface area contributed by atoms with Crippen LogP contribution in [0.3, 0.4) is 0 Å². The summed E-state index contributed by atoms with van der Waals surface area (Å²) < 4.78 is 15.7. The minimum absolute atomic E-state index is 0.302. The second-order valence-electron chi connectivity index (χ2n) is 4.09. The van der Waals surface area contributed by atoms with Crippen molar-refractivity contribution in [3.05, 3.63) is 59.1 Å². The summed E-state index contributed by atoms with van der Waals surface area (Å²) in [5, 5.41) is 0.386. The molecule has 18 heavy (non-hydrogen) atoms. The SMILES string of the molecule is Cc1cccc2c(Cl)nc(-c3ccccc3F)n12. The van der Waals surface area contributed by atoms with Crippen molar-refractivity contribution >= 4 is 17.1 Å². The fraction of sp³-hybridized carbons (Fsp3) is 0.0714. The van der Waals surface area contributed by atoms with Crippen molar-refractivity contribution in [3.63, 3.8) is 0 Å². The van der Waals surface area contributed by atoms with Crippen molar-refractivity contribution in [3.8, 4) is 11.4 Å². The number of aromatic nitrogens is 2. The van der Waals surface area contributed by atoms with Crippen molar-refractivity contribution in [2.45, 2.75) is 6.92 Å². The van der Waals surface area contributed by atoms with Crippen LogP contribution in [0.15, 0.2) is 42.5 Å². The molecule has 0 saturated carbocycles. The van der Waals surface area contributed by atoms with Crippen LogP contribution in [0, 0.1) is 12.7 Å². The number of imidazole rings is 1. The topological polar surface area (TPSA) is 17.3 Å². The van der Waals surface area contributed by atoms with Crippen LogP contribution in [0.2, 0.25) is 5.15 Å². The zero-order valence-electron chi connectivity index (χ0n) is 9.69. The van der Waals surface area contributed by atoms with E-state index in [1.165, 1.54) is 6.07 Å². The molecule has 90 valence electrons. The van der Waals surface area contributed by atoms with E-state index in [1.54, 1.807) is 18.2 Å². The Morgan fingerprint density at radius 1 is 1.11 bits per heavy atom. The molecule has 0 saturated heterocycles. The van der Waals surface area contributed by atoms with Gasteiger partial charge in [0.05, 0.1) is 11.1 Å². The fourth-order valence-corrected chi connectivity index (χ4v) is 2.31. The van der Waals surface area contributed by atoms with Gasteiger partial charge in [-0.15, -0.1) is 0 Å². The summed E-state index contributed by atoms with van der Waals surface area (Å²) in [5.74, 6) is 0.232. The standard InChI is InChI=1S/C14H10ClFN2/c1-9-5-4-8-12-13(15)17-14(18(9)12)10-6-2-3-7-11(10)16/h2-8H,1H3. The van der Waals surface area contributed by atoms with E-state index in [2.05, 4.69) is 4.98 Å². The maximum Gasteiger partial charge on any atom is 0.155 e. The van der Waals surface area contributed by atoms with Gasteiger partial charge in [0.25, 0.3) is 0 Å². The molecule has 0 radical (unpaired) electrons. The van der Waals surface area contributed by atoms with Crippen molar-refractivity contribution in [2.24, 2.45) is 0 Å². The van der Waals surface area contributed by atoms with Gasteiger partial charge in [-0.2, -0.15) is 0 Å². The lowest BCUT2D eigenvalue weighted by Gasteiger charge is -2.05. The Balaban J connectivity index is 2.41. The lowest BCUT2D eigenvalue weighted by atomic mass is 10.2. The van der Waals surface area contributed by atoms with E-state index >= 15 is 0 Å². The highest BCUT2D eigenvalue weighted by molar-refractivity contribution is 6.32. The number of hydrogen-bond donors (Lipinski definition) is 0. The van der Waals surface area contributed by atoms with E-state index in [1.807, 2.05) is 29.5 Å². The van der Waals surface area contributed by atoms with Gasteiger partial charge in [0.2, 0.25) is 0 Å². The minimum Gasteiger partial charge on any atom is -0.295 e. The average Bonchev–Trinajstić information content (AvgIpc) is 2.69. The van der Waals surface area contributed by atoms with E-state index in [0.29, 0.717) is 16.5 Å². The van der Waals surface area contributed by atoms with Crippen LogP contribution in [0.5, 0.6) is 0 Å². The zero-order valence-corrected chi connectivity index (χ0v) is 10.4. The second kappa shape index (κ2) is 4.10. The summed E-state index contributed by atoms with van der Waals surface area (Å²) >= 11 is 6.10. The number of hydrogen-bond acceptors (Lipinski definition) is 1. The molecule has 3 rings (SSSR count). The van der Waals surface area contributed by atoms with Gasteiger partial charge in [-0.1, -0.05) is 29.8 Å². The first-order valence-corrected chi connectivity index (χ1v) is 5.95. The van der Waals surface area contributed by atoms with Crippen molar-refractivity contribution in [1.29, 1.82) is 0 Å². The summed E-state index contributed by atoms with van der Waals surface area (Å²) in [6.45, 7) is 1.94. The highest BCUT2D eigenvalue weighted by atomic mass is 35.5. The number of benzene rings is 1. The van der Waals surface area contributed by atoms with Crippen molar-refractivity contribution in [1.82, 2.24) is 9.38 Å². The van der Waals surface area contributed by atoms with Crippen molar-refractivity contribution in [2.75, 3.05) is 0 Å². The lowest BCUT2D eigenvalue weighted by Crippen LogP contribution is -1.95. The smallest absolute Gasteiger partial charge is 0.155 e. The first kappa shape index (κ1) is 11.2. The van der Waals surface area contributed by atoms with E-state index < -0.39 is 0 Å². The Hall–Kier alpha value is -1.87. The molecule has 0 spiro atoms. The third-order valence-corrected chi connectivity index (χ3v) is 3.21. The largest absolute Gasteiger partial charge is 0.295 e. The molecule has 0 bridgehead atoms. The monoisotopic (exact) mass is 260 g/mol. The van der Waals surface area contributed by atoms with Crippen molar-refractivity contribution < 1.29 is 4.39 Å². The molecule has 0 aliphatic carbocycles. The van der Waals surface area contributed by atoms with Crippen LogP contribution in [0.25, 0.3) is 16.9 Å². The number of fused-ring (bicyclic) bond motifs is 1. The van der Waals surface area contributed by atoms with Crippen LogP contribution in [0.1, 0.15) is 5.69 Å². The van der Waals surface area contributed by atoms with Crippen LogP contribution in [-0.4, -0.2) is 9.38 Å². The van der Waals surface area contributed by atoms with Gasteiger partial charge in [0.1, 0.15) is 11.6 Å². The third kappa shape index (κ3) is 1.59. The molecule has 2 nitrogen and oxygen atoms in total. The molecule has 0 unspecified atom stereocenters. The number of aryl methyl sites for hydroxylation is 1. The molecule has 2 heterocycles. The molecular weight excluding hydrogens is 251 g/mol. The highest BCUT2D eigenvalue weighted by Crippen LogP contribution is 2.28. The van der Waals surface area contributed by atoms with E-state index in [4.69, 9.17) is 11.6 Å². The molecule has 2 aromatic heterocycles. The summed E-state index contributed by atoms with van der Waals surface area (Å²) in [4.78, 5) is 4.27. The molecule has 0 amide bonds. The van der Waals surface area contributed by atoms with Crippen LogP contribution in [0.4, 0.5) is 4.39 Å². The third-order valence-electron chi connectivity index (χ3n) is 2.93. The quantitative estimate of drug-likeness (QED) is 0.644. The maximum atomic E-state index is 13.8. The zero-order chi connectivity index (χ0) is 12.7. The highest BCUT2D eigenvalue weighted by Gasteiger charge is 2.15. The summed E-state index contributed by atoms with van der Waals surface area (Å²) in [5.41, 5.74) is 2.20. The number of rotatable bonds is 1. The van der Waals surface area contributed by atoms with Crippen LogP contribution < -0.4 is 0 Å². The average molecular weight is 261 g/mol. The Bertz CT molecular complexity index is 734. The second-order valence-corrected chi connectivity index (χ2v) is 4.45. The number of nitrogens with zero attached hydrogens (tertiary/aromatic N) is 2. The Labute approximate surface area is 109 Å². The van der Waals surface area contributed by atoms with Gasteiger partial charge in [-0.25, -0.2) is 9.37 Å². The van der Waals surface area contributed by atoms with Gasteiger partial charge in [-0.3, -0.25) is 4.40 Å². The van der Waals surface area contributed by atoms with Gasteiger partial charge in [0.15, 0.2) is 5.15 Å². The van der Waals surface area contributed by atoms with Gasteiger partial charge in [-0.05, 0) is 31.2 Å². The Kier molecular flexibility index (Phi) is 2.56. The molecule has 0 N–H and O–H groups in total. The van der Waals surface area contributed by atoms with E-state index in [0.717, 1.165) is 11.2 Å². The van der Waals surface area contributed by atoms with Crippen LogP contribution in [-0.2, 0) is 0 Å². The maximum absolute atomic E-state index is 13.8. The van der Waals surface area contributed by atoms with Crippen LogP contribution >= 0.6 is 11.6 Å². The molecule has 0 atom stereocenters. The molecule has 3 aromatic rings. The molecule has 4 heteroatoms. The molecule has 0 aliphatic rings. The first-order chi connectivity index (χ1) is 8.68. The number of pyridine rings is 1. The van der Waals surface area contributed by atoms with E-state index in [-0.39, 0.29) is 5.82 Å². The molecular formula is C14H10ClFN2. The molecule has 1 aromatic carbocycles.